The molecule has 0 bridgehead atoms. The van der Waals surface area contributed by atoms with Gasteiger partial charge >= 0.3 is 0 Å². The first-order valence-corrected chi connectivity index (χ1v) is 6.47. The predicted molar refractivity (Wildman–Crippen MR) is 67.9 cm³/mol. The first-order valence-electron chi connectivity index (χ1n) is 6.47. The van der Waals surface area contributed by atoms with Crippen molar-refractivity contribution in [3.63, 3.8) is 0 Å². The topological polar surface area (TPSA) is 26.0 Å². The van der Waals surface area contributed by atoms with Crippen molar-refractivity contribution in [2.75, 3.05) is 6.54 Å². The molecule has 0 saturated heterocycles. The Morgan fingerprint density at radius 1 is 1.50 bits per heavy atom. The van der Waals surface area contributed by atoms with E-state index in [0.717, 1.165) is 12.5 Å². The fourth-order valence-corrected chi connectivity index (χ4v) is 3.54. The second kappa shape index (κ2) is 3.33. The van der Waals surface area contributed by atoms with Crippen molar-refractivity contribution in [1.82, 2.24) is 0 Å². The van der Waals surface area contributed by atoms with E-state index in [0.29, 0.717) is 11.3 Å². The molecule has 0 spiro atoms. The van der Waals surface area contributed by atoms with Gasteiger partial charge in [-0.2, -0.15) is 0 Å². The van der Waals surface area contributed by atoms with E-state index in [1.54, 1.807) is 11.1 Å². The van der Waals surface area contributed by atoms with Gasteiger partial charge in [-0.25, -0.2) is 0 Å². The van der Waals surface area contributed by atoms with E-state index in [1.807, 2.05) is 0 Å². The van der Waals surface area contributed by atoms with Gasteiger partial charge in [0.1, 0.15) is 0 Å². The zero-order valence-electron chi connectivity index (χ0n) is 10.3. The molecule has 0 fully saturated rings. The van der Waals surface area contributed by atoms with E-state index in [2.05, 4.69) is 32.1 Å². The molecule has 0 aromatic rings. The van der Waals surface area contributed by atoms with Crippen LogP contribution >= 0.6 is 0 Å². The summed E-state index contributed by atoms with van der Waals surface area (Å²) in [4.78, 5) is 0. The Labute approximate surface area is 98.1 Å². The summed E-state index contributed by atoms with van der Waals surface area (Å²) in [5, 5.41) is 0. The van der Waals surface area contributed by atoms with Crippen molar-refractivity contribution >= 4 is 0 Å². The third kappa shape index (κ3) is 1.27. The van der Waals surface area contributed by atoms with Crippen LogP contribution in [0.25, 0.3) is 0 Å². The zero-order chi connectivity index (χ0) is 11.3. The first kappa shape index (κ1) is 10.3. The van der Waals surface area contributed by atoms with Crippen molar-refractivity contribution in [3.8, 4) is 0 Å². The third-order valence-corrected chi connectivity index (χ3v) is 4.92. The maximum Gasteiger partial charge on any atom is 0.0178 e. The monoisotopic (exact) mass is 215 g/mol. The van der Waals surface area contributed by atoms with Crippen LogP contribution in [-0.4, -0.2) is 6.54 Å². The first-order chi connectivity index (χ1) is 7.66. The molecule has 0 aliphatic heterocycles. The second-order valence-corrected chi connectivity index (χ2v) is 5.80. The van der Waals surface area contributed by atoms with Gasteiger partial charge in [0.25, 0.3) is 0 Å². The van der Waals surface area contributed by atoms with Crippen LogP contribution in [0.5, 0.6) is 0 Å². The molecule has 3 aliphatic carbocycles. The van der Waals surface area contributed by atoms with Crippen LogP contribution < -0.4 is 5.73 Å². The van der Waals surface area contributed by atoms with Gasteiger partial charge in [-0.05, 0) is 41.7 Å². The van der Waals surface area contributed by atoms with Crippen LogP contribution in [-0.2, 0) is 0 Å². The van der Waals surface area contributed by atoms with Gasteiger partial charge in [0.15, 0.2) is 0 Å². The Hall–Kier alpha value is -0.820. The number of hydrogen-bond acceptors (Lipinski definition) is 1. The molecule has 0 amide bonds. The minimum atomic E-state index is 0.317. The Bertz CT molecular complexity index is 413. The van der Waals surface area contributed by atoms with Gasteiger partial charge in [0.05, 0.1) is 0 Å². The lowest BCUT2D eigenvalue weighted by Crippen LogP contribution is -2.32. The SMILES string of the molecule is CC1CCC=CC2C3=C(C3)C(CN)=CC12C. The summed E-state index contributed by atoms with van der Waals surface area (Å²) in [7, 11) is 0. The lowest BCUT2D eigenvalue weighted by Gasteiger charge is -2.39. The van der Waals surface area contributed by atoms with Gasteiger partial charge in [0, 0.05) is 12.5 Å². The van der Waals surface area contributed by atoms with Crippen LogP contribution in [0.1, 0.15) is 33.1 Å². The highest BCUT2D eigenvalue weighted by atomic mass is 14.6. The molecule has 86 valence electrons. The molecular weight excluding hydrogens is 194 g/mol. The van der Waals surface area contributed by atoms with Crippen LogP contribution in [0.15, 0.2) is 34.9 Å². The molecule has 3 aliphatic rings. The quantitative estimate of drug-likeness (QED) is 0.668. The average molecular weight is 215 g/mol. The normalized spacial score (nSPS) is 41.1. The van der Waals surface area contributed by atoms with Crippen molar-refractivity contribution in [1.29, 1.82) is 0 Å². The van der Waals surface area contributed by atoms with Crippen molar-refractivity contribution in [3.05, 3.63) is 34.9 Å². The molecule has 1 heteroatoms. The van der Waals surface area contributed by atoms with Gasteiger partial charge in [-0.15, -0.1) is 0 Å². The van der Waals surface area contributed by atoms with Crippen LogP contribution in [0, 0.1) is 17.3 Å². The summed E-state index contributed by atoms with van der Waals surface area (Å²) >= 11 is 0. The molecule has 0 saturated carbocycles. The van der Waals surface area contributed by atoms with Crippen molar-refractivity contribution in [2.45, 2.75) is 33.1 Å². The van der Waals surface area contributed by atoms with E-state index >= 15 is 0 Å². The maximum absolute atomic E-state index is 5.87. The Morgan fingerprint density at radius 2 is 2.31 bits per heavy atom. The fourth-order valence-electron chi connectivity index (χ4n) is 3.54. The van der Waals surface area contributed by atoms with E-state index in [-0.39, 0.29) is 0 Å². The Morgan fingerprint density at radius 3 is 3.06 bits per heavy atom. The molecular formula is C15H21N. The number of rotatable bonds is 1. The molecule has 0 radical (unpaired) electrons. The molecule has 0 aromatic heterocycles. The van der Waals surface area contributed by atoms with E-state index in [9.17, 15) is 0 Å². The molecule has 0 heterocycles. The summed E-state index contributed by atoms with van der Waals surface area (Å²) in [5.41, 5.74) is 10.9. The second-order valence-electron chi connectivity index (χ2n) is 5.80. The summed E-state index contributed by atoms with van der Waals surface area (Å²) < 4.78 is 0. The van der Waals surface area contributed by atoms with Gasteiger partial charge in [-0.3, -0.25) is 0 Å². The minimum Gasteiger partial charge on any atom is -0.326 e. The molecule has 3 atom stereocenters. The highest BCUT2D eigenvalue weighted by Gasteiger charge is 2.47. The highest BCUT2D eigenvalue weighted by Crippen LogP contribution is 2.58. The minimum absolute atomic E-state index is 0.317. The lowest BCUT2D eigenvalue weighted by atomic mass is 9.65. The predicted octanol–water partition coefficient (Wildman–Crippen LogP) is 3.19. The number of nitrogens with two attached hydrogens (primary N) is 1. The van der Waals surface area contributed by atoms with Gasteiger partial charge in [0.2, 0.25) is 0 Å². The molecule has 16 heavy (non-hydrogen) atoms. The standard InChI is InChI=1S/C15H21N/c1-10-5-3-4-6-14-13-7-12(13)11(9-16)8-15(10,14)2/h4,6,8,10,14H,3,5,7,9,16H2,1-2H3. The highest BCUT2D eigenvalue weighted by molar-refractivity contribution is 5.58. The third-order valence-electron chi connectivity index (χ3n) is 4.92. The summed E-state index contributed by atoms with van der Waals surface area (Å²) in [6.07, 6.45) is 11.1. The lowest BCUT2D eigenvalue weighted by molar-refractivity contribution is 0.219. The maximum atomic E-state index is 5.87. The van der Waals surface area contributed by atoms with E-state index in [4.69, 9.17) is 5.73 Å². The Balaban J connectivity index is 2.06. The van der Waals surface area contributed by atoms with E-state index < -0.39 is 0 Å². The molecule has 3 rings (SSSR count). The molecule has 1 nitrogen and oxygen atoms in total. The average Bonchev–Trinajstić information content (AvgIpc) is 3.04. The zero-order valence-corrected chi connectivity index (χ0v) is 10.3. The molecule has 0 aromatic carbocycles. The van der Waals surface area contributed by atoms with Crippen LogP contribution in [0.3, 0.4) is 0 Å². The van der Waals surface area contributed by atoms with E-state index in [1.165, 1.54) is 24.8 Å². The number of hydrogen-bond donors (Lipinski definition) is 1. The fraction of sp³-hybridized carbons (Fsp3) is 0.600. The summed E-state index contributed by atoms with van der Waals surface area (Å²) in [6, 6.07) is 0. The summed E-state index contributed by atoms with van der Waals surface area (Å²) in [6.45, 7) is 5.55. The van der Waals surface area contributed by atoms with Crippen molar-refractivity contribution in [2.24, 2.45) is 23.0 Å². The van der Waals surface area contributed by atoms with Gasteiger partial charge < -0.3 is 5.73 Å². The number of fused-ring (bicyclic) bond motifs is 2. The molecule has 2 N–H and O–H groups in total. The number of allylic oxidation sites excluding steroid dienone is 4. The Kier molecular flexibility index (Phi) is 2.16. The van der Waals surface area contributed by atoms with Gasteiger partial charge in [-0.1, -0.05) is 37.6 Å². The van der Waals surface area contributed by atoms with Crippen molar-refractivity contribution < 1.29 is 0 Å². The largest absolute Gasteiger partial charge is 0.326 e. The van der Waals surface area contributed by atoms with Crippen LogP contribution in [0.4, 0.5) is 0 Å². The smallest absolute Gasteiger partial charge is 0.0178 e. The van der Waals surface area contributed by atoms with Crippen LogP contribution in [0.2, 0.25) is 0 Å². The summed E-state index contributed by atoms with van der Waals surface area (Å²) in [5.74, 6) is 1.42. The molecule has 3 unspecified atom stereocenters.